The van der Waals surface area contributed by atoms with Gasteiger partial charge < -0.3 is 19.3 Å². The molecule has 9 heteroatoms. The number of allylic oxidation sites excluding steroid dienone is 8. The van der Waals surface area contributed by atoms with E-state index in [1.165, 1.54) is 116 Å². The Morgan fingerprint density at radius 3 is 1.27 bits per heavy atom. The molecular weight excluding hydrogens is 723 g/mol. The van der Waals surface area contributed by atoms with E-state index in [9.17, 15) is 14.2 Å². The van der Waals surface area contributed by atoms with Crippen molar-refractivity contribution >= 4 is 19.8 Å². The van der Waals surface area contributed by atoms with E-state index in [4.69, 9.17) is 19.3 Å². The number of hydrogen-bond donors (Lipinski definition) is 2. The molecule has 2 N–H and O–H groups in total. The number of esters is 2. The minimum absolute atomic E-state index is 0.207. The number of phosphoric ester groups is 1. The average Bonchev–Trinajstić information content (AvgIpc) is 3.17. The van der Waals surface area contributed by atoms with Gasteiger partial charge in [0.2, 0.25) is 0 Å². The lowest BCUT2D eigenvalue weighted by atomic mass is 10.0. The zero-order valence-corrected chi connectivity index (χ0v) is 36.9. The number of phosphoric acid groups is 1. The molecule has 0 saturated carbocycles. The molecule has 0 aliphatic heterocycles. The Bertz CT molecular complexity index is 1050. The summed E-state index contributed by atoms with van der Waals surface area (Å²) in [5.74, 6) is -0.914. The second-order valence-corrected chi connectivity index (χ2v) is 16.6. The van der Waals surface area contributed by atoms with E-state index >= 15 is 0 Å². The Hall–Kier alpha value is -1.99. The highest BCUT2D eigenvalue weighted by Gasteiger charge is 2.22. The maximum absolute atomic E-state index is 12.4. The van der Waals surface area contributed by atoms with Crippen molar-refractivity contribution in [2.75, 3.05) is 13.2 Å². The first-order valence-electron chi connectivity index (χ1n) is 22.9. The zero-order valence-electron chi connectivity index (χ0n) is 36.0. The summed E-state index contributed by atoms with van der Waals surface area (Å²) < 4.78 is 26.4. The molecule has 0 aromatic carbocycles. The fraction of sp³-hybridized carbons (Fsp3) is 0.787. The Labute approximate surface area is 344 Å². The fourth-order valence-corrected chi connectivity index (χ4v) is 6.78. The monoisotopic (exact) mass is 809 g/mol. The van der Waals surface area contributed by atoms with Crippen LogP contribution in [0.15, 0.2) is 48.6 Å². The Morgan fingerprint density at radius 2 is 0.839 bits per heavy atom. The molecule has 0 aromatic rings. The van der Waals surface area contributed by atoms with E-state index in [-0.39, 0.29) is 19.4 Å². The third-order valence-electron chi connectivity index (χ3n) is 9.83. The Kier molecular flexibility index (Phi) is 41.1. The van der Waals surface area contributed by atoms with Crippen LogP contribution in [0.4, 0.5) is 0 Å². The molecule has 1 atom stereocenters. The molecular formula is C47H85O8P. The summed E-state index contributed by atoms with van der Waals surface area (Å²) in [7, 11) is -4.76. The Balaban J connectivity index is 3.89. The van der Waals surface area contributed by atoms with Crippen LogP contribution in [0.3, 0.4) is 0 Å². The quantitative estimate of drug-likeness (QED) is 0.0271. The van der Waals surface area contributed by atoms with E-state index in [1.807, 2.05) is 0 Å². The van der Waals surface area contributed by atoms with Gasteiger partial charge in [0.15, 0.2) is 6.10 Å². The first-order chi connectivity index (χ1) is 27.3. The molecule has 0 spiro atoms. The predicted molar refractivity (Wildman–Crippen MR) is 234 cm³/mol. The summed E-state index contributed by atoms with van der Waals surface area (Å²) in [6.07, 6.45) is 52.7. The highest BCUT2D eigenvalue weighted by molar-refractivity contribution is 7.46. The van der Waals surface area contributed by atoms with Crippen molar-refractivity contribution in [3.05, 3.63) is 48.6 Å². The number of carbonyl (C=O) groups excluding carboxylic acids is 2. The van der Waals surface area contributed by atoms with E-state index in [2.05, 4.69) is 67.0 Å². The molecule has 0 aromatic heterocycles. The lowest BCUT2D eigenvalue weighted by Gasteiger charge is -2.18. The van der Waals surface area contributed by atoms with Crippen LogP contribution in [0.2, 0.25) is 0 Å². The van der Waals surface area contributed by atoms with E-state index in [0.29, 0.717) is 12.8 Å². The van der Waals surface area contributed by atoms with Crippen molar-refractivity contribution < 1.29 is 37.9 Å². The van der Waals surface area contributed by atoms with Crippen molar-refractivity contribution in [3.8, 4) is 0 Å². The van der Waals surface area contributed by atoms with Gasteiger partial charge in [-0.25, -0.2) is 4.57 Å². The van der Waals surface area contributed by atoms with Gasteiger partial charge in [0.05, 0.1) is 6.61 Å². The minimum Gasteiger partial charge on any atom is -0.462 e. The van der Waals surface area contributed by atoms with Gasteiger partial charge in [-0.15, -0.1) is 0 Å². The first kappa shape index (κ1) is 54.0. The maximum atomic E-state index is 12.4. The average molecular weight is 809 g/mol. The molecule has 56 heavy (non-hydrogen) atoms. The summed E-state index contributed by atoms with van der Waals surface area (Å²) in [6.45, 7) is 3.62. The van der Waals surface area contributed by atoms with Crippen LogP contribution in [0.1, 0.15) is 219 Å². The molecule has 0 unspecified atom stereocenters. The summed E-state index contributed by atoms with van der Waals surface area (Å²) in [5, 5.41) is 0. The third-order valence-corrected chi connectivity index (χ3v) is 10.3. The smallest absolute Gasteiger partial charge is 0.462 e. The molecule has 326 valence electrons. The van der Waals surface area contributed by atoms with Crippen molar-refractivity contribution in [1.82, 2.24) is 0 Å². The van der Waals surface area contributed by atoms with Crippen LogP contribution in [0, 0.1) is 0 Å². The summed E-state index contributed by atoms with van der Waals surface area (Å²) in [6, 6.07) is 0. The summed E-state index contributed by atoms with van der Waals surface area (Å²) in [4.78, 5) is 42.9. The molecule has 0 radical (unpaired) electrons. The van der Waals surface area contributed by atoms with E-state index < -0.39 is 32.5 Å². The van der Waals surface area contributed by atoms with Crippen LogP contribution in [0.25, 0.3) is 0 Å². The summed E-state index contributed by atoms with van der Waals surface area (Å²) in [5.41, 5.74) is 0. The zero-order chi connectivity index (χ0) is 41.1. The normalized spacial score (nSPS) is 12.9. The van der Waals surface area contributed by atoms with Crippen LogP contribution in [0.5, 0.6) is 0 Å². The van der Waals surface area contributed by atoms with Gasteiger partial charge in [-0.3, -0.25) is 14.1 Å². The summed E-state index contributed by atoms with van der Waals surface area (Å²) >= 11 is 0. The van der Waals surface area contributed by atoms with Gasteiger partial charge in [-0.05, 0) is 51.4 Å². The molecule has 0 bridgehead atoms. The second kappa shape index (κ2) is 42.6. The van der Waals surface area contributed by atoms with Crippen molar-refractivity contribution in [2.45, 2.75) is 225 Å². The second-order valence-electron chi connectivity index (χ2n) is 15.4. The lowest BCUT2D eigenvalue weighted by molar-refractivity contribution is -0.161. The number of hydrogen-bond acceptors (Lipinski definition) is 6. The molecule has 0 fully saturated rings. The van der Waals surface area contributed by atoms with Gasteiger partial charge in [0, 0.05) is 12.8 Å². The SMILES string of the molecule is CCC/C=C/C/C=C/C/C=C/C/C=C/CCCCCC(=O)OC[C@H](COP(=O)(O)O)OC(=O)CCCCCCCCCCCCCCCCCCCCCCC. The molecule has 0 saturated heterocycles. The number of ether oxygens (including phenoxy) is 2. The molecule has 8 nitrogen and oxygen atoms in total. The van der Waals surface area contributed by atoms with Gasteiger partial charge in [0.1, 0.15) is 6.61 Å². The molecule has 0 aliphatic carbocycles. The van der Waals surface area contributed by atoms with E-state index in [1.54, 1.807) is 0 Å². The number of unbranched alkanes of at least 4 members (excludes halogenated alkanes) is 24. The first-order valence-corrected chi connectivity index (χ1v) is 24.5. The van der Waals surface area contributed by atoms with Crippen LogP contribution >= 0.6 is 7.82 Å². The highest BCUT2D eigenvalue weighted by Crippen LogP contribution is 2.36. The molecule has 0 rings (SSSR count). The van der Waals surface area contributed by atoms with Gasteiger partial charge >= 0.3 is 19.8 Å². The van der Waals surface area contributed by atoms with Gasteiger partial charge in [-0.1, -0.05) is 204 Å². The van der Waals surface area contributed by atoms with Crippen LogP contribution in [-0.2, 0) is 28.2 Å². The highest BCUT2D eigenvalue weighted by atomic mass is 31.2. The van der Waals surface area contributed by atoms with Gasteiger partial charge in [0.25, 0.3) is 0 Å². The van der Waals surface area contributed by atoms with Gasteiger partial charge in [-0.2, -0.15) is 0 Å². The standard InChI is InChI=1S/C47H85O8P/c1-3-5-7-9-11-13-15-17-19-21-22-23-24-26-28-30-32-34-36-38-40-42-47(49)55-45(44-54-56(50,51)52)43-53-46(48)41-39-37-35-33-31-29-27-25-20-18-16-14-12-10-8-6-4-2/h8,10,14,16,20,25,29,31,45H,3-7,9,11-13,15,17-19,21-24,26-28,30,32-44H2,1-2H3,(H2,50,51,52)/b10-8+,16-14+,25-20+,31-29+/t45-/m1/s1. The number of rotatable bonds is 42. The maximum Gasteiger partial charge on any atom is 0.469 e. The third kappa shape index (κ3) is 44.7. The Morgan fingerprint density at radius 1 is 0.464 bits per heavy atom. The largest absolute Gasteiger partial charge is 0.469 e. The molecule has 0 heterocycles. The minimum atomic E-state index is -4.76. The molecule has 0 amide bonds. The van der Waals surface area contributed by atoms with Crippen molar-refractivity contribution in [3.63, 3.8) is 0 Å². The lowest BCUT2D eigenvalue weighted by Crippen LogP contribution is -2.29. The van der Waals surface area contributed by atoms with Crippen LogP contribution < -0.4 is 0 Å². The fourth-order valence-electron chi connectivity index (χ4n) is 6.42. The number of carbonyl (C=O) groups is 2. The van der Waals surface area contributed by atoms with E-state index in [0.717, 1.165) is 64.2 Å². The predicted octanol–water partition coefficient (Wildman–Crippen LogP) is 14.3. The van der Waals surface area contributed by atoms with Crippen molar-refractivity contribution in [1.29, 1.82) is 0 Å². The topological polar surface area (TPSA) is 119 Å². The van der Waals surface area contributed by atoms with Crippen molar-refractivity contribution in [2.24, 2.45) is 0 Å². The van der Waals surface area contributed by atoms with Crippen LogP contribution in [-0.4, -0.2) is 41.0 Å². The molecule has 0 aliphatic rings.